The number of hydrogen-bond acceptors (Lipinski definition) is 2. The first-order valence-electron chi connectivity index (χ1n) is 7.17. The summed E-state index contributed by atoms with van der Waals surface area (Å²) in [6.45, 7) is -0.725. The number of aliphatic carboxylic acids is 1. The fraction of sp³-hybridized carbons (Fsp3) is 0.235. The Morgan fingerprint density at radius 3 is 2.04 bits per heavy atom. The van der Waals surface area contributed by atoms with Crippen LogP contribution in [-0.4, -0.2) is 11.1 Å². The van der Waals surface area contributed by atoms with E-state index in [2.05, 4.69) is 0 Å². The second-order valence-corrected chi connectivity index (χ2v) is 5.37. The zero-order valence-corrected chi connectivity index (χ0v) is 13.0. The maximum absolute atomic E-state index is 13.0. The first kappa shape index (κ1) is 19.6. The summed E-state index contributed by atoms with van der Waals surface area (Å²) in [5.74, 6) is -0.956. The van der Waals surface area contributed by atoms with Crippen LogP contribution in [-0.2, 0) is 30.2 Å². The van der Waals surface area contributed by atoms with Crippen LogP contribution in [0.25, 0.3) is 0 Å². The third kappa shape index (κ3) is 5.14. The Balaban J connectivity index is 2.23. The topological polar surface area (TPSA) is 46.5 Å². The van der Waals surface area contributed by atoms with Gasteiger partial charge in [0.05, 0.1) is 17.5 Å². The summed E-state index contributed by atoms with van der Waals surface area (Å²) < 4.78 is 82.3. The number of ether oxygens (including phenoxy) is 1. The molecule has 0 heterocycles. The molecule has 140 valence electrons. The van der Waals surface area contributed by atoms with E-state index in [0.29, 0.717) is 23.8 Å². The number of carbonyl (C=O) groups is 1. The lowest BCUT2D eigenvalue weighted by Crippen LogP contribution is -2.14. The molecule has 9 heteroatoms. The highest BCUT2D eigenvalue weighted by molar-refractivity contribution is 5.70. The normalized spacial score (nSPS) is 12.1. The Bertz CT molecular complexity index is 779. The lowest BCUT2D eigenvalue weighted by molar-refractivity contribution is -0.142. The minimum absolute atomic E-state index is 0.102. The predicted molar refractivity (Wildman–Crippen MR) is 78.6 cm³/mol. The SMILES string of the molecule is O=C(O)Cc1ccc(OCc2cc(C(F)(F)F)ccc2C(F)(F)F)cc1. The summed E-state index contributed by atoms with van der Waals surface area (Å²) in [7, 11) is 0. The molecule has 0 unspecified atom stereocenters. The van der Waals surface area contributed by atoms with Crippen LogP contribution in [0.2, 0.25) is 0 Å². The van der Waals surface area contributed by atoms with Gasteiger partial charge in [0.2, 0.25) is 0 Å². The molecule has 0 saturated carbocycles. The second kappa shape index (κ2) is 7.27. The van der Waals surface area contributed by atoms with Crippen LogP contribution in [0.4, 0.5) is 26.3 Å². The molecule has 0 fully saturated rings. The molecule has 0 aliphatic carbocycles. The second-order valence-electron chi connectivity index (χ2n) is 5.37. The van der Waals surface area contributed by atoms with Crippen molar-refractivity contribution in [2.45, 2.75) is 25.4 Å². The summed E-state index contributed by atoms with van der Waals surface area (Å²) in [4.78, 5) is 10.6. The molecule has 0 aliphatic heterocycles. The standard InChI is InChI=1S/C17H12F6O3/c18-16(19,20)12-3-6-14(17(21,22)23)11(8-12)9-26-13-4-1-10(2-5-13)7-15(24)25/h1-6,8H,7,9H2,(H,24,25). The van der Waals surface area contributed by atoms with Gasteiger partial charge in [-0.25, -0.2) is 0 Å². The Morgan fingerprint density at radius 1 is 0.923 bits per heavy atom. The molecule has 0 aromatic heterocycles. The number of carboxylic acids is 1. The lowest BCUT2D eigenvalue weighted by atomic mass is 10.0. The average molecular weight is 378 g/mol. The van der Waals surface area contributed by atoms with Crippen molar-refractivity contribution in [2.24, 2.45) is 0 Å². The van der Waals surface area contributed by atoms with Crippen molar-refractivity contribution in [3.63, 3.8) is 0 Å². The molecule has 0 bridgehead atoms. The summed E-state index contributed by atoms with van der Waals surface area (Å²) in [6, 6.07) is 6.62. The van der Waals surface area contributed by atoms with Crippen molar-refractivity contribution in [2.75, 3.05) is 0 Å². The molecule has 2 rings (SSSR count). The first-order chi connectivity index (χ1) is 12.0. The molecule has 2 aromatic carbocycles. The number of alkyl halides is 6. The van der Waals surface area contributed by atoms with Gasteiger partial charge in [0.15, 0.2) is 0 Å². The fourth-order valence-corrected chi connectivity index (χ4v) is 2.21. The van der Waals surface area contributed by atoms with E-state index in [-0.39, 0.29) is 12.2 Å². The molecule has 3 nitrogen and oxygen atoms in total. The minimum atomic E-state index is -4.83. The molecule has 0 atom stereocenters. The van der Waals surface area contributed by atoms with Gasteiger partial charge < -0.3 is 9.84 Å². The van der Waals surface area contributed by atoms with Crippen molar-refractivity contribution in [3.05, 3.63) is 64.7 Å². The molecule has 0 saturated heterocycles. The zero-order valence-electron chi connectivity index (χ0n) is 13.0. The van der Waals surface area contributed by atoms with E-state index in [1.54, 1.807) is 0 Å². The Morgan fingerprint density at radius 2 is 1.54 bits per heavy atom. The molecule has 2 aromatic rings. The van der Waals surface area contributed by atoms with Crippen LogP contribution in [0.3, 0.4) is 0 Å². The van der Waals surface area contributed by atoms with Gasteiger partial charge >= 0.3 is 18.3 Å². The van der Waals surface area contributed by atoms with Crippen molar-refractivity contribution >= 4 is 5.97 Å². The van der Waals surface area contributed by atoms with Crippen LogP contribution in [0.1, 0.15) is 22.3 Å². The Labute approximate surface area is 143 Å². The number of rotatable bonds is 5. The molecule has 26 heavy (non-hydrogen) atoms. The zero-order chi connectivity index (χ0) is 19.5. The highest BCUT2D eigenvalue weighted by atomic mass is 19.4. The smallest absolute Gasteiger partial charge is 0.416 e. The van der Waals surface area contributed by atoms with Gasteiger partial charge in [-0.3, -0.25) is 4.79 Å². The van der Waals surface area contributed by atoms with Crippen molar-refractivity contribution in [1.82, 2.24) is 0 Å². The van der Waals surface area contributed by atoms with Gasteiger partial charge in [0.25, 0.3) is 0 Å². The Kier molecular flexibility index (Phi) is 5.48. The van der Waals surface area contributed by atoms with Gasteiger partial charge in [-0.05, 0) is 35.9 Å². The molecule has 1 N–H and O–H groups in total. The van der Waals surface area contributed by atoms with E-state index in [4.69, 9.17) is 9.84 Å². The average Bonchev–Trinajstić information content (AvgIpc) is 2.51. The lowest BCUT2D eigenvalue weighted by Gasteiger charge is -2.16. The van der Waals surface area contributed by atoms with Crippen LogP contribution in [0.15, 0.2) is 42.5 Å². The van der Waals surface area contributed by atoms with Crippen LogP contribution in [0, 0.1) is 0 Å². The van der Waals surface area contributed by atoms with Crippen molar-refractivity contribution in [3.8, 4) is 5.75 Å². The van der Waals surface area contributed by atoms with E-state index in [9.17, 15) is 31.1 Å². The van der Waals surface area contributed by atoms with E-state index >= 15 is 0 Å². The van der Waals surface area contributed by atoms with E-state index in [1.165, 1.54) is 24.3 Å². The van der Waals surface area contributed by atoms with E-state index in [1.807, 2.05) is 0 Å². The third-order valence-corrected chi connectivity index (χ3v) is 3.41. The molecular weight excluding hydrogens is 366 g/mol. The van der Waals surface area contributed by atoms with Gasteiger partial charge in [-0.15, -0.1) is 0 Å². The van der Waals surface area contributed by atoms with Gasteiger partial charge in [-0.2, -0.15) is 26.3 Å². The van der Waals surface area contributed by atoms with Gasteiger partial charge in [0, 0.05) is 5.56 Å². The molecule has 0 radical (unpaired) electrons. The van der Waals surface area contributed by atoms with E-state index < -0.39 is 41.6 Å². The fourth-order valence-electron chi connectivity index (χ4n) is 2.21. The predicted octanol–water partition coefficient (Wildman–Crippen LogP) is 4.93. The molecule has 0 amide bonds. The molecule has 0 aliphatic rings. The number of benzene rings is 2. The van der Waals surface area contributed by atoms with Gasteiger partial charge in [-0.1, -0.05) is 12.1 Å². The quantitative estimate of drug-likeness (QED) is 0.751. The number of hydrogen-bond donors (Lipinski definition) is 1. The van der Waals surface area contributed by atoms with Crippen LogP contribution < -0.4 is 4.74 Å². The summed E-state index contributed by atoms with van der Waals surface area (Å²) in [6.07, 6.45) is -9.85. The van der Waals surface area contributed by atoms with Crippen LogP contribution >= 0.6 is 0 Å². The highest BCUT2D eigenvalue weighted by Gasteiger charge is 2.37. The first-order valence-corrected chi connectivity index (χ1v) is 7.17. The van der Waals surface area contributed by atoms with Crippen molar-refractivity contribution in [1.29, 1.82) is 0 Å². The maximum Gasteiger partial charge on any atom is 0.416 e. The van der Waals surface area contributed by atoms with Gasteiger partial charge in [0.1, 0.15) is 12.4 Å². The number of carboxylic acid groups (broad SMARTS) is 1. The van der Waals surface area contributed by atoms with E-state index in [0.717, 1.165) is 0 Å². The van der Waals surface area contributed by atoms with Crippen molar-refractivity contribution < 1.29 is 41.0 Å². The summed E-state index contributed by atoms with van der Waals surface area (Å²) in [5.41, 5.74) is -2.63. The third-order valence-electron chi connectivity index (χ3n) is 3.41. The summed E-state index contributed by atoms with van der Waals surface area (Å²) in [5, 5.41) is 8.66. The molecule has 0 spiro atoms. The Hall–Kier alpha value is -2.71. The molecular formula is C17H12F6O3. The highest BCUT2D eigenvalue weighted by Crippen LogP contribution is 2.36. The monoisotopic (exact) mass is 378 g/mol. The minimum Gasteiger partial charge on any atom is -0.489 e. The maximum atomic E-state index is 13.0. The number of halogens is 6. The largest absolute Gasteiger partial charge is 0.489 e. The van der Waals surface area contributed by atoms with Crippen LogP contribution in [0.5, 0.6) is 5.75 Å². The summed E-state index contributed by atoms with van der Waals surface area (Å²) >= 11 is 0.